The third kappa shape index (κ3) is 2.77. The number of ether oxygens (including phenoxy) is 1. The van der Waals surface area contributed by atoms with Gasteiger partial charge in [0.2, 0.25) is 0 Å². The lowest BCUT2D eigenvalue weighted by molar-refractivity contribution is 0.307. The van der Waals surface area contributed by atoms with Crippen molar-refractivity contribution in [2.45, 2.75) is 13.2 Å². The second-order valence-corrected chi connectivity index (χ2v) is 4.23. The Kier molecular flexibility index (Phi) is 3.48. The Morgan fingerprint density at radius 3 is 2.94 bits per heavy atom. The predicted octanol–water partition coefficient (Wildman–Crippen LogP) is 2.32. The van der Waals surface area contributed by atoms with E-state index in [-0.39, 0.29) is 5.82 Å². The van der Waals surface area contributed by atoms with Crippen LogP contribution < -0.4 is 10.5 Å². The molecule has 0 aliphatic heterocycles. The van der Waals surface area contributed by atoms with Crippen molar-refractivity contribution in [2.24, 2.45) is 5.73 Å². The fraction of sp³-hybridized carbons (Fsp3) is 0.182. The summed E-state index contributed by atoms with van der Waals surface area (Å²) in [6.07, 6.45) is 1.73. The summed E-state index contributed by atoms with van der Waals surface area (Å²) in [5.41, 5.74) is 7.90. The van der Waals surface area contributed by atoms with Crippen molar-refractivity contribution in [2.75, 3.05) is 0 Å². The summed E-state index contributed by atoms with van der Waals surface area (Å²) in [5, 5.41) is 0. The lowest BCUT2D eigenvalue weighted by Gasteiger charge is -2.06. The molecular formula is C11H11FN2OS. The number of nitrogens with zero attached hydrogens (tertiary/aromatic N) is 1. The van der Waals surface area contributed by atoms with Gasteiger partial charge in [0.05, 0.1) is 10.4 Å². The summed E-state index contributed by atoms with van der Waals surface area (Å²) in [5.74, 6) is 0.163. The normalized spacial score (nSPS) is 10.4. The van der Waals surface area contributed by atoms with Crippen molar-refractivity contribution in [3.8, 4) is 5.75 Å². The lowest BCUT2D eigenvalue weighted by atomic mass is 10.2. The zero-order valence-corrected chi connectivity index (χ0v) is 9.34. The average molecular weight is 238 g/mol. The van der Waals surface area contributed by atoms with Gasteiger partial charge in [-0.25, -0.2) is 4.39 Å². The summed E-state index contributed by atoms with van der Waals surface area (Å²) in [6, 6.07) is 4.49. The number of benzene rings is 1. The van der Waals surface area contributed by atoms with Gasteiger partial charge in [-0.3, -0.25) is 4.98 Å². The number of nitrogens with two attached hydrogens (primary N) is 1. The lowest BCUT2D eigenvalue weighted by Crippen LogP contribution is -1.99. The molecule has 0 spiro atoms. The topological polar surface area (TPSA) is 48.1 Å². The first-order chi connectivity index (χ1) is 7.78. The molecule has 0 aliphatic rings. The monoisotopic (exact) mass is 238 g/mol. The number of halogens is 1. The van der Waals surface area contributed by atoms with E-state index >= 15 is 0 Å². The standard InChI is InChI=1S/C11H11FN2OS/c12-9-1-8(4-13)2-10(3-9)15-6-11-5-14-7-16-11/h1-3,5,7H,4,6,13H2. The van der Waals surface area contributed by atoms with Gasteiger partial charge in [-0.2, -0.15) is 0 Å². The Hall–Kier alpha value is -1.46. The predicted molar refractivity (Wildman–Crippen MR) is 60.7 cm³/mol. The smallest absolute Gasteiger partial charge is 0.127 e. The summed E-state index contributed by atoms with van der Waals surface area (Å²) in [6.45, 7) is 0.701. The molecule has 0 unspecified atom stereocenters. The first-order valence-electron chi connectivity index (χ1n) is 4.77. The Balaban J connectivity index is 2.06. The number of thiazole rings is 1. The van der Waals surface area contributed by atoms with Crippen LogP contribution in [0.1, 0.15) is 10.4 Å². The molecule has 0 fully saturated rings. The van der Waals surface area contributed by atoms with Gasteiger partial charge in [0.1, 0.15) is 18.2 Å². The van der Waals surface area contributed by atoms with E-state index in [0.717, 1.165) is 10.4 Å². The largest absolute Gasteiger partial charge is 0.488 e. The SMILES string of the molecule is NCc1cc(F)cc(OCc2cncs2)c1. The van der Waals surface area contributed by atoms with Crippen molar-refractivity contribution < 1.29 is 9.13 Å². The van der Waals surface area contributed by atoms with Crippen LogP contribution in [0, 0.1) is 5.82 Å². The van der Waals surface area contributed by atoms with Crippen LogP contribution in [-0.4, -0.2) is 4.98 Å². The van der Waals surface area contributed by atoms with Crippen molar-refractivity contribution in [1.82, 2.24) is 4.98 Å². The van der Waals surface area contributed by atoms with Crippen LogP contribution in [0.5, 0.6) is 5.75 Å². The zero-order valence-electron chi connectivity index (χ0n) is 8.52. The minimum Gasteiger partial charge on any atom is -0.488 e. The first kappa shape index (κ1) is 11.0. The van der Waals surface area contributed by atoms with Gasteiger partial charge in [0.25, 0.3) is 0 Å². The van der Waals surface area contributed by atoms with Crippen LogP contribution in [0.3, 0.4) is 0 Å². The molecule has 1 aromatic carbocycles. The van der Waals surface area contributed by atoms with E-state index in [1.165, 1.54) is 23.5 Å². The molecule has 2 rings (SSSR count). The molecule has 0 bridgehead atoms. The highest BCUT2D eigenvalue weighted by Gasteiger charge is 2.02. The molecule has 1 heterocycles. The molecular weight excluding hydrogens is 227 g/mol. The molecule has 0 radical (unpaired) electrons. The fourth-order valence-corrected chi connectivity index (χ4v) is 1.80. The molecule has 3 nitrogen and oxygen atoms in total. The summed E-state index contributed by atoms with van der Waals surface area (Å²) in [4.78, 5) is 4.93. The van der Waals surface area contributed by atoms with Gasteiger partial charge in [0.15, 0.2) is 0 Å². The van der Waals surface area contributed by atoms with Gasteiger partial charge in [-0.15, -0.1) is 11.3 Å². The highest BCUT2D eigenvalue weighted by atomic mass is 32.1. The van der Waals surface area contributed by atoms with E-state index in [2.05, 4.69) is 4.98 Å². The molecule has 0 saturated carbocycles. The highest BCUT2D eigenvalue weighted by molar-refractivity contribution is 7.09. The number of hydrogen-bond donors (Lipinski definition) is 1. The molecule has 0 aliphatic carbocycles. The van der Waals surface area contributed by atoms with E-state index < -0.39 is 0 Å². The Bertz CT molecular complexity index is 459. The van der Waals surface area contributed by atoms with Crippen LogP contribution >= 0.6 is 11.3 Å². The van der Waals surface area contributed by atoms with Crippen LogP contribution in [0.4, 0.5) is 4.39 Å². The minimum atomic E-state index is -0.331. The molecule has 2 aromatic rings. The van der Waals surface area contributed by atoms with Crippen molar-refractivity contribution in [1.29, 1.82) is 0 Å². The maximum absolute atomic E-state index is 13.1. The van der Waals surface area contributed by atoms with Gasteiger partial charge in [-0.05, 0) is 17.7 Å². The van der Waals surface area contributed by atoms with E-state index in [1.807, 2.05) is 0 Å². The van der Waals surface area contributed by atoms with Crippen LogP contribution in [0.15, 0.2) is 29.9 Å². The molecule has 5 heteroatoms. The minimum absolute atomic E-state index is 0.300. The highest BCUT2D eigenvalue weighted by Crippen LogP contribution is 2.18. The number of rotatable bonds is 4. The number of hydrogen-bond acceptors (Lipinski definition) is 4. The Morgan fingerprint density at radius 1 is 1.38 bits per heavy atom. The average Bonchev–Trinajstić information content (AvgIpc) is 2.78. The van der Waals surface area contributed by atoms with Gasteiger partial charge >= 0.3 is 0 Å². The Morgan fingerprint density at radius 2 is 2.25 bits per heavy atom. The molecule has 2 N–H and O–H groups in total. The van der Waals surface area contributed by atoms with Gasteiger partial charge < -0.3 is 10.5 Å². The second kappa shape index (κ2) is 5.05. The first-order valence-corrected chi connectivity index (χ1v) is 5.65. The maximum atomic E-state index is 13.1. The molecule has 16 heavy (non-hydrogen) atoms. The summed E-state index contributed by atoms with van der Waals surface area (Å²) >= 11 is 1.50. The maximum Gasteiger partial charge on any atom is 0.127 e. The zero-order chi connectivity index (χ0) is 11.4. The van der Waals surface area contributed by atoms with Crippen LogP contribution in [0.2, 0.25) is 0 Å². The Labute approximate surface area is 96.7 Å². The third-order valence-electron chi connectivity index (χ3n) is 2.03. The molecule has 0 atom stereocenters. The molecule has 1 aromatic heterocycles. The van der Waals surface area contributed by atoms with Gasteiger partial charge in [0, 0.05) is 18.8 Å². The van der Waals surface area contributed by atoms with Crippen LogP contribution in [0.25, 0.3) is 0 Å². The van der Waals surface area contributed by atoms with Crippen molar-refractivity contribution >= 4 is 11.3 Å². The van der Waals surface area contributed by atoms with Crippen molar-refractivity contribution in [3.63, 3.8) is 0 Å². The molecule has 84 valence electrons. The van der Waals surface area contributed by atoms with Crippen LogP contribution in [-0.2, 0) is 13.2 Å². The fourth-order valence-electron chi connectivity index (χ4n) is 1.29. The van der Waals surface area contributed by atoms with E-state index in [9.17, 15) is 4.39 Å². The third-order valence-corrected chi connectivity index (χ3v) is 2.78. The van der Waals surface area contributed by atoms with E-state index in [0.29, 0.717) is 18.9 Å². The molecule has 0 amide bonds. The van der Waals surface area contributed by atoms with E-state index in [4.69, 9.17) is 10.5 Å². The van der Waals surface area contributed by atoms with E-state index in [1.54, 1.807) is 17.8 Å². The molecule has 0 saturated heterocycles. The van der Waals surface area contributed by atoms with Crippen molar-refractivity contribution in [3.05, 3.63) is 46.2 Å². The second-order valence-electron chi connectivity index (χ2n) is 3.26. The quantitative estimate of drug-likeness (QED) is 0.889. The summed E-state index contributed by atoms with van der Waals surface area (Å²) < 4.78 is 18.6. The summed E-state index contributed by atoms with van der Waals surface area (Å²) in [7, 11) is 0. The van der Waals surface area contributed by atoms with Gasteiger partial charge in [-0.1, -0.05) is 0 Å². The number of aromatic nitrogens is 1.